The number of hydrogen-bond acceptors (Lipinski definition) is 7. The third-order valence-electron chi connectivity index (χ3n) is 6.30. The van der Waals surface area contributed by atoms with Gasteiger partial charge in [-0.3, -0.25) is 24.4 Å². The molecule has 3 amide bonds. The Morgan fingerprint density at radius 1 is 1.09 bits per heavy atom. The van der Waals surface area contributed by atoms with Crippen LogP contribution in [0.1, 0.15) is 34.8 Å². The van der Waals surface area contributed by atoms with Crippen LogP contribution in [0, 0.1) is 0 Å². The van der Waals surface area contributed by atoms with E-state index in [-0.39, 0.29) is 18.2 Å². The van der Waals surface area contributed by atoms with Crippen molar-refractivity contribution < 1.29 is 14.4 Å². The van der Waals surface area contributed by atoms with Gasteiger partial charge in [0.1, 0.15) is 11.7 Å². The molecule has 2 N–H and O–H groups in total. The van der Waals surface area contributed by atoms with Gasteiger partial charge in [-0.25, -0.2) is 4.68 Å². The van der Waals surface area contributed by atoms with Gasteiger partial charge in [0.2, 0.25) is 11.8 Å². The number of carbonyl (C=O) groups is 3. The second-order valence-electron chi connectivity index (χ2n) is 8.31. The van der Waals surface area contributed by atoms with Gasteiger partial charge in [-0.1, -0.05) is 5.21 Å². The molecule has 0 radical (unpaired) electrons. The van der Waals surface area contributed by atoms with E-state index in [0.717, 1.165) is 29.9 Å². The van der Waals surface area contributed by atoms with Crippen LogP contribution in [0.5, 0.6) is 0 Å². The molecule has 1 aromatic carbocycles. The Balaban J connectivity index is 1.23. The van der Waals surface area contributed by atoms with Gasteiger partial charge in [-0.2, -0.15) is 5.10 Å². The highest BCUT2D eigenvalue weighted by Crippen LogP contribution is 2.29. The zero-order valence-corrected chi connectivity index (χ0v) is 17.1. The Morgan fingerprint density at radius 2 is 1.97 bits per heavy atom. The molecule has 5 heterocycles. The summed E-state index contributed by atoms with van der Waals surface area (Å²) in [4.78, 5) is 38.0. The van der Waals surface area contributed by atoms with Crippen molar-refractivity contribution in [2.24, 2.45) is 0 Å². The number of nitrogens with one attached hydrogen (secondary N) is 2. The summed E-state index contributed by atoms with van der Waals surface area (Å²) in [5, 5.41) is 18.5. The Labute approximate surface area is 182 Å². The average Bonchev–Trinajstić information content (AvgIpc) is 3.46. The van der Waals surface area contributed by atoms with Gasteiger partial charge < -0.3 is 10.2 Å². The molecule has 0 saturated carbocycles. The normalized spacial score (nSPS) is 20.9. The van der Waals surface area contributed by atoms with Crippen LogP contribution in [0.4, 0.5) is 0 Å². The summed E-state index contributed by atoms with van der Waals surface area (Å²) in [5.41, 5.74) is 3.76. The molecule has 0 spiro atoms. The minimum atomic E-state index is -0.628. The highest BCUT2D eigenvalue weighted by Gasteiger charge is 2.39. The van der Waals surface area contributed by atoms with E-state index in [9.17, 15) is 14.4 Å². The van der Waals surface area contributed by atoms with Crippen LogP contribution in [0.25, 0.3) is 16.9 Å². The van der Waals surface area contributed by atoms with Crippen molar-refractivity contribution in [1.29, 1.82) is 0 Å². The number of hydrogen-bond donors (Lipinski definition) is 2. The summed E-state index contributed by atoms with van der Waals surface area (Å²) in [6.07, 6.45) is 6.16. The molecule has 2 aromatic heterocycles. The fourth-order valence-electron chi connectivity index (χ4n) is 4.36. The van der Waals surface area contributed by atoms with Crippen LogP contribution in [0.3, 0.4) is 0 Å². The van der Waals surface area contributed by atoms with Crippen molar-refractivity contribution in [3.8, 4) is 16.9 Å². The van der Waals surface area contributed by atoms with Crippen molar-refractivity contribution >= 4 is 17.7 Å². The number of aromatic nitrogens is 5. The minimum absolute atomic E-state index is 0.196. The third kappa shape index (κ3) is 3.01. The van der Waals surface area contributed by atoms with Crippen molar-refractivity contribution in [2.45, 2.75) is 31.5 Å². The molecule has 6 rings (SSSR count). The van der Waals surface area contributed by atoms with Crippen LogP contribution < -0.4 is 10.6 Å². The average molecular weight is 432 g/mol. The van der Waals surface area contributed by atoms with E-state index in [4.69, 9.17) is 0 Å². The third-order valence-corrected chi connectivity index (χ3v) is 6.30. The van der Waals surface area contributed by atoms with Gasteiger partial charge in [0.05, 0.1) is 24.1 Å². The number of piperidine rings is 1. The maximum Gasteiger partial charge on any atom is 0.255 e. The Morgan fingerprint density at radius 3 is 2.75 bits per heavy atom. The Kier molecular flexibility index (Phi) is 4.18. The molecule has 0 aliphatic carbocycles. The summed E-state index contributed by atoms with van der Waals surface area (Å²) in [6, 6.07) is 5.20. The summed E-state index contributed by atoms with van der Waals surface area (Å²) >= 11 is 0. The van der Waals surface area contributed by atoms with Crippen molar-refractivity contribution in [1.82, 2.24) is 40.3 Å². The van der Waals surface area contributed by atoms with Crippen molar-refractivity contribution in [3.63, 3.8) is 0 Å². The quantitative estimate of drug-likeness (QED) is 0.557. The molecule has 0 bridgehead atoms. The molecule has 3 aliphatic heterocycles. The summed E-state index contributed by atoms with van der Waals surface area (Å²) in [5.74, 6) is -0.908. The van der Waals surface area contributed by atoms with Gasteiger partial charge in [-0.15, -0.1) is 5.10 Å². The lowest BCUT2D eigenvalue weighted by Crippen LogP contribution is -2.52. The Bertz CT molecular complexity index is 1260. The number of amides is 3. The van der Waals surface area contributed by atoms with E-state index in [0.29, 0.717) is 30.3 Å². The molecule has 162 valence electrons. The number of rotatable bonds is 4. The lowest BCUT2D eigenvalue weighted by Gasteiger charge is -2.29. The van der Waals surface area contributed by atoms with Crippen molar-refractivity contribution in [2.75, 3.05) is 13.1 Å². The maximum absolute atomic E-state index is 12.9. The van der Waals surface area contributed by atoms with Crippen LogP contribution in [0.15, 0.2) is 36.8 Å². The first-order valence-corrected chi connectivity index (χ1v) is 10.5. The van der Waals surface area contributed by atoms with Gasteiger partial charge >= 0.3 is 0 Å². The molecular formula is C21H20N8O3. The zero-order chi connectivity index (χ0) is 21.8. The number of benzene rings is 1. The SMILES string of the molecule is O=C1CCC(N2Cc3cc(-n4cc(-c5cnn(C6CNC6)c5)nn4)ccc3C2=O)C(=O)N1. The molecule has 3 aliphatic rings. The topological polar surface area (TPSA) is 127 Å². The van der Waals surface area contributed by atoms with Gasteiger partial charge in [0, 0.05) is 43.4 Å². The molecule has 2 saturated heterocycles. The van der Waals surface area contributed by atoms with E-state index in [1.54, 1.807) is 16.9 Å². The maximum atomic E-state index is 12.9. The molecule has 11 heteroatoms. The first-order valence-electron chi connectivity index (χ1n) is 10.5. The molecule has 2 fully saturated rings. The minimum Gasteiger partial charge on any atom is -0.322 e. The summed E-state index contributed by atoms with van der Waals surface area (Å²) < 4.78 is 3.60. The summed E-state index contributed by atoms with van der Waals surface area (Å²) in [6.45, 7) is 2.15. The highest BCUT2D eigenvalue weighted by atomic mass is 16.2. The fourth-order valence-corrected chi connectivity index (χ4v) is 4.36. The second-order valence-corrected chi connectivity index (χ2v) is 8.31. The first kappa shape index (κ1) is 18.9. The smallest absolute Gasteiger partial charge is 0.255 e. The molecule has 1 unspecified atom stereocenters. The number of carbonyl (C=O) groups excluding carboxylic acids is 3. The largest absolute Gasteiger partial charge is 0.322 e. The van der Waals surface area contributed by atoms with E-state index in [1.165, 1.54) is 4.90 Å². The zero-order valence-electron chi connectivity index (χ0n) is 17.1. The monoisotopic (exact) mass is 432 g/mol. The lowest BCUT2D eigenvalue weighted by molar-refractivity contribution is -0.136. The second kappa shape index (κ2) is 7.09. The summed E-state index contributed by atoms with van der Waals surface area (Å²) in [7, 11) is 0. The number of nitrogens with zero attached hydrogens (tertiary/aromatic N) is 6. The molecular weight excluding hydrogens is 412 g/mol. The highest BCUT2D eigenvalue weighted by molar-refractivity contribution is 6.05. The van der Waals surface area contributed by atoms with Crippen molar-refractivity contribution in [3.05, 3.63) is 47.9 Å². The molecule has 1 atom stereocenters. The molecule has 3 aromatic rings. The molecule has 11 nitrogen and oxygen atoms in total. The fraction of sp³-hybridized carbons (Fsp3) is 0.333. The predicted molar refractivity (Wildman–Crippen MR) is 111 cm³/mol. The van der Waals surface area contributed by atoms with Crippen LogP contribution >= 0.6 is 0 Å². The van der Waals surface area contributed by atoms with Crippen LogP contribution in [0.2, 0.25) is 0 Å². The molecule has 32 heavy (non-hydrogen) atoms. The van der Waals surface area contributed by atoms with Crippen LogP contribution in [-0.2, 0) is 16.1 Å². The standard InChI is InChI=1S/C21H20N8O3/c30-19-4-3-18(20(31)24-19)27-9-12-5-14(1-2-16(12)21(27)32)29-11-17(25-26-29)13-6-23-28(10-13)15-7-22-8-15/h1-2,5-6,10-11,15,18,22H,3-4,7-9H2,(H,24,30,31). The first-order chi connectivity index (χ1) is 15.6. The van der Waals surface area contributed by atoms with E-state index in [2.05, 4.69) is 26.0 Å². The Hall–Kier alpha value is -3.86. The number of fused-ring (bicyclic) bond motifs is 1. The lowest BCUT2D eigenvalue weighted by atomic mass is 10.0. The van der Waals surface area contributed by atoms with Gasteiger partial charge in [0.15, 0.2) is 0 Å². The van der Waals surface area contributed by atoms with Gasteiger partial charge in [-0.05, 0) is 30.2 Å². The van der Waals surface area contributed by atoms with Crippen LogP contribution in [-0.4, -0.2) is 66.5 Å². The predicted octanol–water partition coefficient (Wildman–Crippen LogP) is 0.0361. The van der Waals surface area contributed by atoms with E-state index < -0.39 is 11.9 Å². The van der Waals surface area contributed by atoms with E-state index >= 15 is 0 Å². The van der Waals surface area contributed by atoms with Gasteiger partial charge in [0.25, 0.3) is 5.91 Å². The van der Waals surface area contributed by atoms with E-state index in [1.807, 2.05) is 29.2 Å². The number of imide groups is 1.